The minimum atomic E-state index is -4.57. The van der Waals surface area contributed by atoms with Crippen LogP contribution in [-0.2, 0) is 15.7 Å². The minimum absolute atomic E-state index is 0.00890. The van der Waals surface area contributed by atoms with E-state index >= 15 is 0 Å². The van der Waals surface area contributed by atoms with E-state index in [1.54, 1.807) is 0 Å². The molecule has 1 aliphatic rings. The SMILES string of the molecule is O=C(OCC1CCCCO1)c1ccccc1C(F)(F)F. The molecule has 110 valence electrons. The predicted molar refractivity (Wildman–Crippen MR) is 65.3 cm³/mol. The number of carbonyl (C=O) groups is 1. The van der Waals surface area contributed by atoms with Gasteiger partial charge in [0.25, 0.3) is 0 Å². The van der Waals surface area contributed by atoms with E-state index in [9.17, 15) is 18.0 Å². The predicted octanol–water partition coefficient (Wildman–Crippen LogP) is 3.43. The molecule has 6 heteroatoms. The molecule has 1 aromatic carbocycles. The fourth-order valence-corrected chi connectivity index (χ4v) is 2.09. The zero-order valence-corrected chi connectivity index (χ0v) is 10.8. The van der Waals surface area contributed by atoms with Crippen LogP contribution in [0.5, 0.6) is 0 Å². The zero-order chi connectivity index (χ0) is 14.6. The normalized spacial score (nSPS) is 19.6. The highest BCUT2D eigenvalue weighted by Gasteiger charge is 2.35. The molecule has 0 N–H and O–H groups in total. The van der Waals surface area contributed by atoms with Crippen molar-refractivity contribution in [3.63, 3.8) is 0 Å². The first-order valence-corrected chi connectivity index (χ1v) is 6.43. The second-order valence-electron chi connectivity index (χ2n) is 4.63. The number of benzene rings is 1. The van der Waals surface area contributed by atoms with E-state index in [0.717, 1.165) is 31.4 Å². The lowest BCUT2D eigenvalue weighted by molar-refractivity contribution is -0.138. The van der Waals surface area contributed by atoms with Gasteiger partial charge >= 0.3 is 12.1 Å². The summed E-state index contributed by atoms with van der Waals surface area (Å²) in [5.74, 6) is -0.966. The van der Waals surface area contributed by atoms with Crippen molar-refractivity contribution < 1.29 is 27.4 Å². The number of alkyl halides is 3. The lowest BCUT2D eigenvalue weighted by Crippen LogP contribution is -2.26. The summed E-state index contributed by atoms with van der Waals surface area (Å²) < 4.78 is 48.6. The molecule has 1 heterocycles. The van der Waals surface area contributed by atoms with Gasteiger partial charge in [0, 0.05) is 6.61 Å². The van der Waals surface area contributed by atoms with E-state index in [1.807, 2.05) is 0 Å². The minimum Gasteiger partial charge on any atom is -0.459 e. The molecule has 0 aromatic heterocycles. The molecule has 0 bridgehead atoms. The lowest BCUT2D eigenvalue weighted by atomic mass is 10.1. The van der Waals surface area contributed by atoms with Gasteiger partial charge in [0.2, 0.25) is 0 Å². The van der Waals surface area contributed by atoms with Gasteiger partial charge in [-0.15, -0.1) is 0 Å². The topological polar surface area (TPSA) is 35.5 Å². The van der Waals surface area contributed by atoms with Crippen LogP contribution in [0.4, 0.5) is 13.2 Å². The Labute approximate surface area is 114 Å². The van der Waals surface area contributed by atoms with E-state index < -0.39 is 23.3 Å². The molecule has 0 amide bonds. The van der Waals surface area contributed by atoms with Crippen LogP contribution in [0.25, 0.3) is 0 Å². The highest BCUT2D eigenvalue weighted by atomic mass is 19.4. The van der Waals surface area contributed by atoms with Gasteiger partial charge in [-0.2, -0.15) is 13.2 Å². The number of hydrogen-bond acceptors (Lipinski definition) is 3. The van der Waals surface area contributed by atoms with E-state index in [2.05, 4.69) is 0 Å². The van der Waals surface area contributed by atoms with Crippen molar-refractivity contribution in [1.82, 2.24) is 0 Å². The highest BCUT2D eigenvalue weighted by molar-refractivity contribution is 5.91. The van der Waals surface area contributed by atoms with Gasteiger partial charge < -0.3 is 9.47 Å². The summed E-state index contributed by atoms with van der Waals surface area (Å²) in [6.07, 6.45) is -2.10. The number of halogens is 3. The molecular weight excluding hydrogens is 273 g/mol. The molecule has 1 saturated heterocycles. The van der Waals surface area contributed by atoms with Gasteiger partial charge in [-0.3, -0.25) is 0 Å². The van der Waals surface area contributed by atoms with E-state index in [-0.39, 0.29) is 12.7 Å². The monoisotopic (exact) mass is 288 g/mol. The molecule has 0 saturated carbocycles. The van der Waals surface area contributed by atoms with E-state index in [4.69, 9.17) is 9.47 Å². The number of rotatable bonds is 3. The third-order valence-electron chi connectivity index (χ3n) is 3.13. The van der Waals surface area contributed by atoms with Crippen LogP contribution in [0.3, 0.4) is 0 Å². The van der Waals surface area contributed by atoms with Gasteiger partial charge in [0.15, 0.2) is 0 Å². The number of ether oxygens (including phenoxy) is 2. The highest BCUT2D eigenvalue weighted by Crippen LogP contribution is 2.32. The largest absolute Gasteiger partial charge is 0.459 e. The molecule has 0 spiro atoms. The maximum atomic E-state index is 12.8. The summed E-state index contributed by atoms with van der Waals surface area (Å²) in [5, 5.41) is 0. The lowest BCUT2D eigenvalue weighted by Gasteiger charge is -2.22. The Morgan fingerprint density at radius 3 is 2.70 bits per heavy atom. The van der Waals surface area contributed by atoms with Crippen LogP contribution < -0.4 is 0 Å². The van der Waals surface area contributed by atoms with Crippen molar-refractivity contribution >= 4 is 5.97 Å². The first-order valence-electron chi connectivity index (χ1n) is 6.43. The first-order chi connectivity index (χ1) is 9.48. The third-order valence-corrected chi connectivity index (χ3v) is 3.13. The van der Waals surface area contributed by atoms with Crippen molar-refractivity contribution in [1.29, 1.82) is 0 Å². The maximum Gasteiger partial charge on any atom is 0.417 e. The summed E-state index contributed by atoms with van der Waals surface area (Å²) in [6, 6.07) is 4.60. The number of hydrogen-bond donors (Lipinski definition) is 0. The van der Waals surface area contributed by atoms with Crippen molar-refractivity contribution in [2.75, 3.05) is 13.2 Å². The summed E-state index contributed by atoms with van der Waals surface area (Å²) in [7, 11) is 0. The van der Waals surface area contributed by atoms with Crippen LogP contribution in [0, 0.1) is 0 Å². The fourth-order valence-electron chi connectivity index (χ4n) is 2.09. The molecule has 3 nitrogen and oxygen atoms in total. The second-order valence-corrected chi connectivity index (χ2v) is 4.63. The van der Waals surface area contributed by atoms with Gasteiger partial charge in [0.1, 0.15) is 6.61 Å². The van der Waals surface area contributed by atoms with Gasteiger partial charge in [0.05, 0.1) is 17.2 Å². The average Bonchev–Trinajstić information content (AvgIpc) is 2.45. The smallest absolute Gasteiger partial charge is 0.417 e. The standard InChI is InChI=1S/C14H15F3O3/c15-14(16,17)12-7-2-1-6-11(12)13(18)20-9-10-5-3-4-8-19-10/h1-2,6-7,10H,3-5,8-9H2. The van der Waals surface area contributed by atoms with Gasteiger partial charge in [-0.1, -0.05) is 12.1 Å². The molecule has 1 fully saturated rings. The Hall–Kier alpha value is -1.56. The molecule has 1 atom stereocenters. The number of carbonyl (C=O) groups excluding carboxylic acids is 1. The molecule has 1 aliphatic heterocycles. The Morgan fingerprint density at radius 2 is 2.05 bits per heavy atom. The van der Waals surface area contributed by atoms with E-state index in [1.165, 1.54) is 12.1 Å². The summed E-state index contributed by atoms with van der Waals surface area (Å²) in [5.41, 5.74) is -1.44. The van der Waals surface area contributed by atoms with Crippen LogP contribution in [0.15, 0.2) is 24.3 Å². The Bertz CT molecular complexity index is 465. The second kappa shape index (κ2) is 6.26. The molecule has 20 heavy (non-hydrogen) atoms. The van der Waals surface area contributed by atoms with Crippen LogP contribution in [0.1, 0.15) is 35.2 Å². The molecule has 2 rings (SSSR count). The Balaban J connectivity index is 2.02. The van der Waals surface area contributed by atoms with Crippen LogP contribution in [0.2, 0.25) is 0 Å². The van der Waals surface area contributed by atoms with E-state index in [0.29, 0.717) is 6.61 Å². The summed E-state index contributed by atoms with van der Waals surface area (Å²) in [4.78, 5) is 11.8. The molecule has 1 unspecified atom stereocenters. The van der Waals surface area contributed by atoms with Crippen molar-refractivity contribution in [2.24, 2.45) is 0 Å². The Morgan fingerprint density at radius 1 is 1.30 bits per heavy atom. The van der Waals surface area contributed by atoms with Gasteiger partial charge in [-0.25, -0.2) is 4.79 Å². The summed E-state index contributed by atoms with van der Waals surface area (Å²) >= 11 is 0. The number of esters is 1. The fraction of sp³-hybridized carbons (Fsp3) is 0.500. The quantitative estimate of drug-likeness (QED) is 0.799. The molecule has 1 aromatic rings. The molecule has 0 radical (unpaired) electrons. The third kappa shape index (κ3) is 3.72. The Kier molecular flexibility index (Phi) is 4.65. The van der Waals surface area contributed by atoms with Crippen molar-refractivity contribution in [3.05, 3.63) is 35.4 Å². The maximum absolute atomic E-state index is 12.8. The zero-order valence-electron chi connectivity index (χ0n) is 10.8. The van der Waals surface area contributed by atoms with Crippen LogP contribution >= 0.6 is 0 Å². The average molecular weight is 288 g/mol. The first kappa shape index (κ1) is 14.8. The van der Waals surface area contributed by atoms with Crippen molar-refractivity contribution in [2.45, 2.75) is 31.5 Å². The van der Waals surface area contributed by atoms with Crippen molar-refractivity contribution in [3.8, 4) is 0 Å². The van der Waals surface area contributed by atoms with Gasteiger partial charge in [-0.05, 0) is 31.4 Å². The molecular formula is C14H15F3O3. The molecule has 0 aliphatic carbocycles. The summed E-state index contributed by atoms with van der Waals surface area (Å²) in [6.45, 7) is 0.590. The van der Waals surface area contributed by atoms with Crippen LogP contribution in [-0.4, -0.2) is 25.3 Å².